The molecule has 2 amide bonds. The third kappa shape index (κ3) is 3.76. The monoisotopic (exact) mass is 330 g/mol. The predicted molar refractivity (Wildman–Crippen MR) is 90.3 cm³/mol. The molecule has 24 heavy (non-hydrogen) atoms. The van der Waals surface area contributed by atoms with Gasteiger partial charge in [0.2, 0.25) is 5.91 Å². The lowest BCUT2D eigenvalue weighted by atomic mass is 9.97. The van der Waals surface area contributed by atoms with Crippen molar-refractivity contribution in [1.82, 2.24) is 5.32 Å². The van der Waals surface area contributed by atoms with Crippen molar-refractivity contribution in [3.8, 4) is 0 Å². The maximum atomic E-state index is 12.3. The molecule has 6 nitrogen and oxygen atoms in total. The van der Waals surface area contributed by atoms with Crippen LogP contribution in [0.3, 0.4) is 0 Å². The first-order chi connectivity index (χ1) is 11.5. The fraction of sp³-hybridized carbons (Fsp3) is 0.444. The molecule has 1 aromatic carbocycles. The molecule has 1 aliphatic heterocycles. The van der Waals surface area contributed by atoms with Crippen molar-refractivity contribution in [2.75, 3.05) is 19.6 Å². The van der Waals surface area contributed by atoms with E-state index in [0.717, 1.165) is 41.0 Å². The lowest BCUT2D eigenvalue weighted by molar-refractivity contribution is -0.899. The van der Waals surface area contributed by atoms with Crippen molar-refractivity contribution in [2.45, 2.75) is 25.8 Å². The van der Waals surface area contributed by atoms with Gasteiger partial charge in [0.1, 0.15) is 11.3 Å². The van der Waals surface area contributed by atoms with E-state index in [1.54, 1.807) is 0 Å². The minimum absolute atomic E-state index is 0.0388. The summed E-state index contributed by atoms with van der Waals surface area (Å²) in [4.78, 5) is 24.7. The Morgan fingerprint density at radius 3 is 2.96 bits per heavy atom. The second kappa shape index (κ2) is 7.05. The quantitative estimate of drug-likeness (QED) is 0.741. The van der Waals surface area contributed by atoms with Crippen LogP contribution in [0.15, 0.2) is 34.7 Å². The van der Waals surface area contributed by atoms with Crippen molar-refractivity contribution < 1.29 is 18.9 Å². The van der Waals surface area contributed by atoms with Gasteiger partial charge in [-0.05, 0) is 31.9 Å². The number of rotatable bonds is 5. The number of piperidine rings is 1. The number of nitrogens with two attached hydrogens (primary N) is 1. The molecule has 1 aromatic heterocycles. The summed E-state index contributed by atoms with van der Waals surface area (Å²) in [5, 5.41) is 4.01. The van der Waals surface area contributed by atoms with Crippen LogP contribution < -0.4 is 16.0 Å². The van der Waals surface area contributed by atoms with Crippen LogP contribution in [-0.4, -0.2) is 31.4 Å². The fourth-order valence-electron chi connectivity index (χ4n) is 3.36. The van der Waals surface area contributed by atoms with Crippen molar-refractivity contribution in [1.29, 1.82) is 0 Å². The van der Waals surface area contributed by atoms with Gasteiger partial charge in [-0.25, -0.2) is 0 Å². The van der Waals surface area contributed by atoms with Crippen LogP contribution in [0.2, 0.25) is 0 Å². The lowest BCUT2D eigenvalue weighted by Gasteiger charge is -2.28. The van der Waals surface area contributed by atoms with Crippen LogP contribution in [0.5, 0.6) is 0 Å². The summed E-state index contributed by atoms with van der Waals surface area (Å²) in [6.45, 7) is 3.81. The third-order valence-corrected chi connectivity index (χ3v) is 4.68. The van der Waals surface area contributed by atoms with E-state index in [1.165, 1.54) is 0 Å². The highest BCUT2D eigenvalue weighted by molar-refractivity contribution is 5.79. The number of likely N-dealkylation sites (tertiary alicyclic amines) is 1. The minimum Gasteiger partial charge on any atom is -0.459 e. The Bertz CT molecular complexity index is 707. The highest BCUT2D eigenvalue weighted by Crippen LogP contribution is 2.23. The first-order valence-electron chi connectivity index (χ1n) is 8.43. The average molecular weight is 330 g/mol. The van der Waals surface area contributed by atoms with E-state index in [9.17, 15) is 9.59 Å². The lowest BCUT2D eigenvalue weighted by Crippen LogP contribution is -3.15. The molecule has 0 saturated carbocycles. The van der Waals surface area contributed by atoms with Crippen molar-refractivity contribution >= 4 is 22.8 Å². The largest absolute Gasteiger partial charge is 0.459 e. The molecule has 1 unspecified atom stereocenters. The number of carbonyl (C=O) groups excluding carboxylic acids is 2. The number of quaternary nitrogens is 1. The smallest absolute Gasteiger partial charge is 0.275 e. The molecule has 3 atom stereocenters. The Labute approximate surface area is 141 Å². The highest BCUT2D eigenvalue weighted by atomic mass is 16.3. The second-order valence-corrected chi connectivity index (χ2v) is 6.60. The number of amides is 2. The molecular weight excluding hydrogens is 306 g/mol. The average Bonchev–Trinajstić information content (AvgIpc) is 2.99. The summed E-state index contributed by atoms with van der Waals surface area (Å²) in [6, 6.07) is 9.54. The van der Waals surface area contributed by atoms with E-state index in [0.29, 0.717) is 13.1 Å². The van der Waals surface area contributed by atoms with Crippen molar-refractivity contribution in [3.63, 3.8) is 0 Å². The van der Waals surface area contributed by atoms with Crippen molar-refractivity contribution in [2.24, 2.45) is 11.7 Å². The van der Waals surface area contributed by atoms with E-state index in [2.05, 4.69) is 5.32 Å². The van der Waals surface area contributed by atoms with Crippen LogP contribution >= 0.6 is 0 Å². The van der Waals surface area contributed by atoms with Gasteiger partial charge in [0.05, 0.1) is 25.0 Å². The third-order valence-electron chi connectivity index (χ3n) is 4.68. The zero-order valence-electron chi connectivity index (χ0n) is 13.9. The fourth-order valence-corrected chi connectivity index (χ4v) is 3.36. The zero-order valence-corrected chi connectivity index (χ0v) is 13.9. The molecule has 0 spiro atoms. The Morgan fingerprint density at radius 2 is 2.21 bits per heavy atom. The number of benzene rings is 1. The SMILES string of the molecule is C[C@H](NC(=O)C[NH+]1CCC[C@H](C(N)=O)C1)c1cc2ccccc2o1. The van der Waals surface area contributed by atoms with Gasteiger partial charge < -0.3 is 20.4 Å². The first kappa shape index (κ1) is 16.5. The molecule has 3 rings (SSSR count). The van der Waals surface area contributed by atoms with Crippen LogP contribution in [0, 0.1) is 5.92 Å². The molecule has 128 valence electrons. The van der Waals surface area contributed by atoms with E-state index in [4.69, 9.17) is 10.2 Å². The maximum absolute atomic E-state index is 12.3. The molecule has 1 aliphatic rings. The Kier molecular flexibility index (Phi) is 4.85. The van der Waals surface area contributed by atoms with E-state index >= 15 is 0 Å². The summed E-state index contributed by atoms with van der Waals surface area (Å²) in [5.41, 5.74) is 6.21. The van der Waals surface area contributed by atoms with E-state index in [1.807, 2.05) is 37.3 Å². The summed E-state index contributed by atoms with van der Waals surface area (Å²) in [5.74, 6) is 0.328. The Morgan fingerprint density at radius 1 is 1.42 bits per heavy atom. The first-order valence-corrected chi connectivity index (χ1v) is 8.43. The van der Waals surface area contributed by atoms with Gasteiger partial charge in [-0.1, -0.05) is 18.2 Å². The number of carbonyl (C=O) groups is 2. The summed E-state index contributed by atoms with van der Waals surface area (Å²) in [6.07, 6.45) is 1.76. The Balaban J connectivity index is 1.57. The standard InChI is InChI=1S/C18H23N3O3/c1-12(16-9-13-5-2-3-7-15(13)24-16)20-17(22)11-21-8-4-6-14(10-21)18(19)23/h2-3,5,7,9,12,14H,4,6,8,10-11H2,1H3,(H2,19,23)(H,20,22)/p+1/t12-,14-/m0/s1. The molecule has 4 N–H and O–H groups in total. The number of nitrogens with one attached hydrogen (secondary N) is 2. The highest BCUT2D eigenvalue weighted by Gasteiger charge is 2.28. The number of para-hydroxylation sites is 1. The maximum Gasteiger partial charge on any atom is 0.275 e. The molecule has 6 heteroatoms. The van der Waals surface area contributed by atoms with Gasteiger partial charge in [-0.3, -0.25) is 9.59 Å². The van der Waals surface area contributed by atoms with Crippen LogP contribution in [0.1, 0.15) is 31.6 Å². The molecule has 1 saturated heterocycles. The zero-order chi connectivity index (χ0) is 17.1. The topological polar surface area (TPSA) is 89.8 Å². The molecule has 2 heterocycles. The molecule has 0 bridgehead atoms. The van der Waals surface area contributed by atoms with Gasteiger partial charge in [0.25, 0.3) is 5.91 Å². The van der Waals surface area contributed by atoms with Crippen molar-refractivity contribution in [3.05, 3.63) is 36.1 Å². The van der Waals surface area contributed by atoms with E-state index < -0.39 is 0 Å². The van der Waals surface area contributed by atoms with Crippen LogP contribution in [0.25, 0.3) is 11.0 Å². The molecule has 2 aromatic rings. The molecule has 0 aliphatic carbocycles. The number of hydrogen-bond acceptors (Lipinski definition) is 3. The van der Waals surface area contributed by atoms with E-state index in [-0.39, 0.29) is 23.8 Å². The number of fused-ring (bicyclic) bond motifs is 1. The van der Waals surface area contributed by atoms with Gasteiger partial charge >= 0.3 is 0 Å². The number of hydrogen-bond donors (Lipinski definition) is 3. The molecule has 1 fully saturated rings. The number of primary amides is 1. The normalized spacial score (nSPS) is 22.2. The number of furan rings is 1. The van der Waals surface area contributed by atoms with Crippen LogP contribution in [0.4, 0.5) is 0 Å². The van der Waals surface area contributed by atoms with Gasteiger partial charge in [-0.2, -0.15) is 0 Å². The Hall–Kier alpha value is -2.34. The molecular formula is C18H24N3O3+. The van der Waals surface area contributed by atoms with Gasteiger partial charge in [0.15, 0.2) is 6.54 Å². The summed E-state index contributed by atoms with van der Waals surface area (Å²) in [7, 11) is 0. The minimum atomic E-state index is -0.261. The molecule has 0 radical (unpaired) electrons. The summed E-state index contributed by atoms with van der Waals surface area (Å²) < 4.78 is 5.79. The predicted octanol–water partition coefficient (Wildman–Crippen LogP) is 0.390. The van der Waals surface area contributed by atoms with Crippen LogP contribution in [-0.2, 0) is 9.59 Å². The summed E-state index contributed by atoms with van der Waals surface area (Å²) >= 11 is 0. The second-order valence-electron chi connectivity index (χ2n) is 6.60. The van der Waals surface area contributed by atoms with Gasteiger partial charge in [0, 0.05) is 5.39 Å². The van der Waals surface area contributed by atoms with Gasteiger partial charge in [-0.15, -0.1) is 0 Å².